The SMILES string of the molecule is OB(O)c1cccc(CN2CC3CC2CS3)c1. The molecule has 2 bridgehead atoms. The Hall–Kier alpha value is -0.485. The van der Waals surface area contributed by atoms with E-state index in [1.807, 2.05) is 12.1 Å². The number of fused-ring (bicyclic) bond motifs is 2. The lowest BCUT2D eigenvalue weighted by molar-refractivity contribution is 0.261. The molecule has 17 heavy (non-hydrogen) atoms. The number of benzene rings is 1. The van der Waals surface area contributed by atoms with Crippen molar-refractivity contribution in [1.82, 2.24) is 4.90 Å². The van der Waals surface area contributed by atoms with Crippen molar-refractivity contribution in [3.8, 4) is 0 Å². The standard InChI is InChI=1S/C12H16BNO2S/c15-13(16)10-3-1-2-9(4-10)6-14-7-12-5-11(14)8-17-12/h1-4,11-12,15-16H,5-8H2. The van der Waals surface area contributed by atoms with Crippen LogP contribution in [0.2, 0.25) is 0 Å². The highest BCUT2D eigenvalue weighted by molar-refractivity contribution is 8.00. The van der Waals surface area contributed by atoms with Crippen LogP contribution in [0.4, 0.5) is 0 Å². The summed E-state index contributed by atoms with van der Waals surface area (Å²) < 4.78 is 0. The van der Waals surface area contributed by atoms with Gasteiger partial charge in [0.1, 0.15) is 0 Å². The summed E-state index contributed by atoms with van der Waals surface area (Å²) in [4.78, 5) is 2.52. The maximum Gasteiger partial charge on any atom is 0.488 e. The van der Waals surface area contributed by atoms with Gasteiger partial charge in [-0.15, -0.1) is 0 Å². The lowest BCUT2D eigenvalue weighted by atomic mass is 9.79. The highest BCUT2D eigenvalue weighted by Gasteiger charge is 2.38. The van der Waals surface area contributed by atoms with Crippen molar-refractivity contribution in [3.63, 3.8) is 0 Å². The van der Waals surface area contributed by atoms with Crippen LogP contribution >= 0.6 is 11.8 Å². The molecule has 3 nitrogen and oxygen atoms in total. The van der Waals surface area contributed by atoms with Crippen LogP contribution < -0.4 is 5.46 Å². The van der Waals surface area contributed by atoms with Gasteiger partial charge >= 0.3 is 7.12 Å². The summed E-state index contributed by atoms with van der Waals surface area (Å²) in [6.07, 6.45) is 1.33. The van der Waals surface area contributed by atoms with Gasteiger partial charge in [0.25, 0.3) is 0 Å². The minimum absolute atomic E-state index is 0.584. The Morgan fingerprint density at radius 2 is 2.29 bits per heavy atom. The minimum Gasteiger partial charge on any atom is -0.423 e. The van der Waals surface area contributed by atoms with Gasteiger partial charge in [-0.2, -0.15) is 11.8 Å². The number of rotatable bonds is 3. The summed E-state index contributed by atoms with van der Waals surface area (Å²) >= 11 is 2.09. The molecule has 0 spiro atoms. The molecule has 0 saturated carbocycles. The van der Waals surface area contributed by atoms with Gasteiger partial charge in [0.15, 0.2) is 0 Å². The molecule has 2 aliphatic rings. The quantitative estimate of drug-likeness (QED) is 0.743. The first kappa shape index (κ1) is 11.6. The second kappa shape index (κ2) is 4.65. The lowest BCUT2D eigenvalue weighted by Gasteiger charge is -2.26. The van der Waals surface area contributed by atoms with Crippen molar-refractivity contribution in [2.75, 3.05) is 12.3 Å². The van der Waals surface area contributed by atoms with Gasteiger partial charge in [-0.1, -0.05) is 24.3 Å². The third-order valence-electron chi connectivity index (χ3n) is 3.65. The van der Waals surface area contributed by atoms with Gasteiger partial charge < -0.3 is 10.0 Å². The van der Waals surface area contributed by atoms with Crippen molar-refractivity contribution in [2.24, 2.45) is 0 Å². The summed E-state index contributed by atoms with van der Waals surface area (Å²) in [6.45, 7) is 2.11. The van der Waals surface area contributed by atoms with E-state index in [4.69, 9.17) is 10.0 Å². The Morgan fingerprint density at radius 1 is 1.41 bits per heavy atom. The number of thioether (sulfide) groups is 1. The largest absolute Gasteiger partial charge is 0.488 e. The van der Waals surface area contributed by atoms with Gasteiger partial charge in [-0.25, -0.2) is 0 Å². The molecule has 1 aromatic carbocycles. The third kappa shape index (κ3) is 2.38. The Bertz CT molecular complexity index is 415. The molecule has 0 radical (unpaired) electrons. The van der Waals surface area contributed by atoms with E-state index < -0.39 is 7.12 Å². The molecule has 2 saturated heterocycles. The molecule has 1 aromatic rings. The number of hydrogen-bond donors (Lipinski definition) is 2. The van der Waals surface area contributed by atoms with Gasteiger partial charge in [0, 0.05) is 30.1 Å². The Morgan fingerprint density at radius 3 is 2.94 bits per heavy atom. The molecule has 0 aliphatic carbocycles. The average Bonchev–Trinajstić information content (AvgIpc) is 2.91. The maximum absolute atomic E-state index is 9.15. The van der Waals surface area contributed by atoms with Crippen molar-refractivity contribution < 1.29 is 10.0 Å². The second-order valence-corrected chi connectivity index (χ2v) is 6.23. The Balaban J connectivity index is 1.70. The van der Waals surface area contributed by atoms with Gasteiger partial charge in [0.2, 0.25) is 0 Å². The van der Waals surface area contributed by atoms with E-state index in [9.17, 15) is 0 Å². The summed E-state index contributed by atoms with van der Waals surface area (Å²) in [6, 6.07) is 8.33. The van der Waals surface area contributed by atoms with Crippen molar-refractivity contribution >= 4 is 24.3 Å². The van der Waals surface area contributed by atoms with Crippen molar-refractivity contribution in [1.29, 1.82) is 0 Å². The predicted molar refractivity (Wildman–Crippen MR) is 71.3 cm³/mol. The zero-order valence-electron chi connectivity index (χ0n) is 9.62. The predicted octanol–water partition coefficient (Wildman–Crippen LogP) is 0.0561. The lowest BCUT2D eigenvalue weighted by Crippen LogP contribution is -2.34. The summed E-state index contributed by atoms with van der Waals surface area (Å²) in [7, 11) is -1.36. The maximum atomic E-state index is 9.15. The van der Waals surface area contributed by atoms with E-state index in [1.165, 1.54) is 24.3 Å². The smallest absolute Gasteiger partial charge is 0.423 e. The molecule has 2 atom stereocenters. The average molecular weight is 249 g/mol. The molecule has 3 rings (SSSR count). The summed E-state index contributed by atoms with van der Waals surface area (Å²) in [5.74, 6) is 1.26. The molecule has 2 heterocycles. The molecular weight excluding hydrogens is 233 g/mol. The van der Waals surface area contributed by atoms with E-state index >= 15 is 0 Å². The van der Waals surface area contributed by atoms with E-state index in [0.717, 1.165) is 17.8 Å². The van der Waals surface area contributed by atoms with Crippen LogP contribution in [0, 0.1) is 0 Å². The van der Waals surface area contributed by atoms with Crippen molar-refractivity contribution in [3.05, 3.63) is 29.8 Å². The molecule has 2 aliphatic heterocycles. The van der Waals surface area contributed by atoms with Crippen LogP contribution in [0.1, 0.15) is 12.0 Å². The second-order valence-electron chi connectivity index (χ2n) is 4.89. The molecular formula is C12H16BNO2S. The van der Waals surface area contributed by atoms with E-state index in [-0.39, 0.29) is 0 Å². The zero-order chi connectivity index (χ0) is 11.8. The summed E-state index contributed by atoms with van der Waals surface area (Å²) in [5.41, 5.74) is 1.76. The van der Waals surface area contributed by atoms with Crippen LogP contribution in [0.15, 0.2) is 24.3 Å². The molecule has 5 heteroatoms. The molecule has 2 fully saturated rings. The first-order valence-electron chi connectivity index (χ1n) is 6.03. The molecule has 0 amide bonds. The molecule has 90 valence electrons. The topological polar surface area (TPSA) is 43.7 Å². The van der Waals surface area contributed by atoms with Gasteiger partial charge in [0.05, 0.1) is 0 Å². The van der Waals surface area contributed by atoms with Crippen LogP contribution in [-0.4, -0.2) is 45.7 Å². The third-order valence-corrected chi connectivity index (χ3v) is 5.04. The number of nitrogens with zero attached hydrogens (tertiary/aromatic N) is 1. The zero-order valence-corrected chi connectivity index (χ0v) is 10.4. The highest BCUT2D eigenvalue weighted by Crippen LogP contribution is 2.37. The first-order valence-corrected chi connectivity index (χ1v) is 7.08. The van der Waals surface area contributed by atoms with Gasteiger partial charge in [-0.05, 0) is 17.4 Å². The van der Waals surface area contributed by atoms with Crippen LogP contribution in [0.3, 0.4) is 0 Å². The van der Waals surface area contributed by atoms with E-state index in [2.05, 4.69) is 22.7 Å². The molecule has 2 N–H and O–H groups in total. The Kier molecular flexibility index (Phi) is 3.17. The number of likely N-dealkylation sites (tertiary alicyclic amines) is 1. The number of hydrogen-bond acceptors (Lipinski definition) is 4. The molecule has 2 unspecified atom stereocenters. The van der Waals surface area contributed by atoms with E-state index in [0.29, 0.717) is 5.46 Å². The fourth-order valence-electron chi connectivity index (χ4n) is 2.76. The van der Waals surface area contributed by atoms with Crippen LogP contribution in [0.5, 0.6) is 0 Å². The van der Waals surface area contributed by atoms with Crippen LogP contribution in [0.25, 0.3) is 0 Å². The minimum atomic E-state index is -1.36. The Labute approximate surface area is 106 Å². The normalized spacial score (nSPS) is 27.6. The summed E-state index contributed by atoms with van der Waals surface area (Å²) in [5, 5.41) is 19.1. The first-order chi connectivity index (χ1) is 8.22. The monoisotopic (exact) mass is 249 g/mol. The van der Waals surface area contributed by atoms with E-state index in [1.54, 1.807) is 6.07 Å². The molecule has 0 aromatic heterocycles. The van der Waals surface area contributed by atoms with Crippen LogP contribution in [-0.2, 0) is 6.54 Å². The van der Waals surface area contributed by atoms with Crippen molar-refractivity contribution in [2.45, 2.75) is 24.3 Å². The van der Waals surface area contributed by atoms with Gasteiger partial charge in [-0.3, -0.25) is 4.90 Å². The fraction of sp³-hybridized carbons (Fsp3) is 0.500. The fourth-order valence-corrected chi connectivity index (χ4v) is 4.26. The highest BCUT2D eigenvalue weighted by atomic mass is 32.2.